The second kappa shape index (κ2) is 8.49. The molecule has 0 aliphatic carbocycles. The molecule has 1 fully saturated rings. The van der Waals surface area contributed by atoms with Crippen molar-refractivity contribution in [2.75, 3.05) is 25.0 Å². The molecular weight excluding hydrogens is 349 g/mol. The number of hydrogen-bond acceptors (Lipinski definition) is 4. The van der Waals surface area contributed by atoms with Crippen molar-refractivity contribution in [3.05, 3.63) is 45.7 Å². The summed E-state index contributed by atoms with van der Waals surface area (Å²) in [5.74, 6) is 0.604. The van der Waals surface area contributed by atoms with E-state index in [0.717, 1.165) is 54.8 Å². The highest BCUT2D eigenvalue weighted by Gasteiger charge is 2.21. The van der Waals surface area contributed by atoms with Gasteiger partial charge < -0.3 is 15.5 Å². The SMILES string of the molecule is CN=C(NCc1sc(C)nc1C)NC1CCCN(c2cccc(F)c2)C1. The third kappa shape index (κ3) is 4.72. The van der Waals surface area contributed by atoms with Gasteiger partial charge in [0.15, 0.2) is 5.96 Å². The van der Waals surface area contributed by atoms with E-state index in [4.69, 9.17) is 0 Å². The quantitative estimate of drug-likeness (QED) is 0.636. The van der Waals surface area contributed by atoms with E-state index in [-0.39, 0.29) is 11.9 Å². The summed E-state index contributed by atoms with van der Waals surface area (Å²) in [6.45, 7) is 6.57. The first kappa shape index (κ1) is 18.6. The zero-order chi connectivity index (χ0) is 18.5. The molecule has 0 spiro atoms. The molecule has 1 aromatic heterocycles. The smallest absolute Gasteiger partial charge is 0.191 e. The van der Waals surface area contributed by atoms with E-state index in [1.807, 2.05) is 19.9 Å². The second-order valence-corrected chi connectivity index (χ2v) is 7.86. The maximum atomic E-state index is 13.5. The summed E-state index contributed by atoms with van der Waals surface area (Å²) < 4.78 is 13.5. The van der Waals surface area contributed by atoms with Crippen LogP contribution >= 0.6 is 11.3 Å². The lowest BCUT2D eigenvalue weighted by Gasteiger charge is -2.35. The van der Waals surface area contributed by atoms with Crippen LogP contribution in [-0.4, -0.2) is 37.1 Å². The minimum Gasteiger partial charge on any atom is -0.369 e. The van der Waals surface area contributed by atoms with Gasteiger partial charge in [0.1, 0.15) is 5.82 Å². The van der Waals surface area contributed by atoms with E-state index >= 15 is 0 Å². The summed E-state index contributed by atoms with van der Waals surface area (Å²) in [5.41, 5.74) is 2.01. The molecule has 2 aromatic rings. The molecule has 140 valence electrons. The van der Waals surface area contributed by atoms with Gasteiger partial charge in [0.2, 0.25) is 0 Å². The van der Waals surface area contributed by atoms with Crippen LogP contribution in [0.5, 0.6) is 0 Å². The zero-order valence-corrected chi connectivity index (χ0v) is 16.4. The van der Waals surface area contributed by atoms with E-state index in [0.29, 0.717) is 0 Å². The van der Waals surface area contributed by atoms with Crippen LogP contribution in [0.1, 0.15) is 28.4 Å². The predicted octanol–water partition coefficient (Wildman–Crippen LogP) is 3.23. The van der Waals surface area contributed by atoms with Crippen molar-refractivity contribution in [1.82, 2.24) is 15.6 Å². The molecule has 1 aliphatic heterocycles. The fraction of sp³-hybridized carbons (Fsp3) is 0.474. The van der Waals surface area contributed by atoms with Gasteiger partial charge in [0.25, 0.3) is 0 Å². The first-order chi connectivity index (χ1) is 12.5. The topological polar surface area (TPSA) is 52.6 Å². The van der Waals surface area contributed by atoms with Crippen molar-refractivity contribution in [3.63, 3.8) is 0 Å². The Hall–Kier alpha value is -2.15. The van der Waals surface area contributed by atoms with Crippen molar-refractivity contribution in [1.29, 1.82) is 0 Å². The molecule has 7 heteroatoms. The van der Waals surface area contributed by atoms with Gasteiger partial charge in [-0.25, -0.2) is 9.37 Å². The third-order valence-corrected chi connectivity index (χ3v) is 5.65. The summed E-state index contributed by atoms with van der Waals surface area (Å²) in [6, 6.07) is 7.10. The molecule has 1 atom stereocenters. The molecule has 3 rings (SSSR count). The van der Waals surface area contributed by atoms with Gasteiger partial charge in [0, 0.05) is 36.7 Å². The molecule has 1 aromatic carbocycles. The van der Waals surface area contributed by atoms with E-state index in [2.05, 4.69) is 25.5 Å². The lowest BCUT2D eigenvalue weighted by molar-refractivity contribution is 0.467. The molecular formula is C19H26FN5S. The summed E-state index contributed by atoms with van der Waals surface area (Å²) in [4.78, 5) is 12.3. The average Bonchev–Trinajstić information content (AvgIpc) is 2.96. The standard InChI is InChI=1S/C19H26FN5S/c1-13-18(26-14(2)23-13)11-22-19(21-3)24-16-7-5-9-25(12-16)17-8-4-6-15(20)10-17/h4,6,8,10,16H,5,7,9,11-12H2,1-3H3,(H2,21,22,24). The van der Waals surface area contributed by atoms with Gasteiger partial charge in [-0.3, -0.25) is 4.99 Å². The van der Waals surface area contributed by atoms with Crippen LogP contribution in [0.3, 0.4) is 0 Å². The largest absolute Gasteiger partial charge is 0.369 e. The highest BCUT2D eigenvalue weighted by Crippen LogP contribution is 2.21. The Morgan fingerprint density at radius 1 is 1.42 bits per heavy atom. The van der Waals surface area contributed by atoms with Crippen molar-refractivity contribution in [3.8, 4) is 0 Å². The monoisotopic (exact) mass is 375 g/mol. The van der Waals surface area contributed by atoms with E-state index in [1.54, 1.807) is 30.5 Å². The Morgan fingerprint density at radius 2 is 2.27 bits per heavy atom. The van der Waals surface area contributed by atoms with Crippen molar-refractivity contribution in [2.45, 2.75) is 39.3 Å². The molecule has 5 nitrogen and oxygen atoms in total. The highest BCUT2D eigenvalue weighted by atomic mass is 32.1. The molecule has 1 saturated heterocycles. The first-order valence-corrected chi connectivity index (χ1v) is 9.77. The Bertz CT molecular complexity index is 773. The van der Waals surface area contributed by atoms with Crippen LogP contribution in [0.4, 0.5) is 10.1 Å². The van der Waals surface area contributed by atoms with Crippen LogP contribution in [0.25, 0.3) is 0 Å². The fourth-order valence-electron chi connectivity index (χ4n) is 3.29. The number of rotatable bonds is 4. The summed E-state index contributed by atoms with van der Waals surface area (Å²) in [7, 11) is 1.78. The minimum absolute atomic E-state index is 0.190. The highest BCUT2D eigenvalue weighted by molar-refractivity contribution is 7.11. The number of aliphatic imine (C=N–C) groups is 1. The number of nitrogens with one attached hydrogen (secondary N) is 2. The maximum Gasteiger partial charge on any atom is 0.191 e. The van der Waals surface area contributed by atoms with Crippen LogP contribution < -0.4 is 15.5 Å². The third-order valence-electron chi connectivity index (χ3n) is 4.58. The zero-order valence-electron chi connectivity index (χ0n) is 15.6. The van der Waals surface area contributed by atoms with E-state index in [1.165, 1.54) is 10.9 Å². The molecule has 2 N–H and O–H groups in total. The number of nitrogens with zero attached hydrogens (tertiary/aromatic N) is 3. The van der Waals surface area contributed by atoms with Gasteiger partial charge in [-0.1, -0.05) is 6.07 Å². The Kier molecular flexibility index (Phi) is 6.08. The number of halogens is 1. The lowest BCUT2D eigenvalue weighted by atomic mass is 10.0. The first-order valence-electron chi connectivity index (χ1n) is 8.95. The van der Waals surface area contributed by atoms with Gasteiger partial charge in [-0.2, -0.15) is 0 Å². The van der Waals surface area contributed by atoms with Crippen LogP contribution in [0, 0.1) is 19.7 Å². The van der Waals surface area contributed by atoms with Gasteiger partial charge in [-0.05, 0) is 44.9 Å². The van der Waals surface area contributed by atoms with Crippen molar-refractivity contribution in [2.24, 2.45) is 4.99 Å². The summed E-state index contributed by atoms with van der Waals surface area (Å²) >= 11 is 1.71. The van der Waals surface area contributed by atoms with Crippen LogP contribution in [-0.2, 0) is 6.54 Å². The van der Waals surface area contributed by atoms with Crippen molar-refractivity contribution < 1.29 is 4.39 Å². The molecule has 0 saturated carbocycles. The van der Waals surface area contributed by atoms with Gasteiger partial charge in [-0.15, -0.1) is 11.3 Å². The number of guanidine groups is 1. The number of aromatic nitrogens is 1. The average molecular weight is 376 g/mol. The number of thiazole rings is 1. The fourth-order valence-corrected chi connectivity index (χ4v) is 4.17. The molecule has 0 bridgehead atoms. The second-order valence-electron chi connectivity index (χ2n) is 6.58. The summed E-state index contributed by atoms with van der Waals surface area (Å²) in [6.07, 6.45) is 2.14. The molecule has 1 unspecified atom stereocenters. The number of aryl methyl sites for hydroxylation is 2. The van der Waals surface area contributed by atoms with Crippen LogP contribution in [0.15, 0.2) is 29.3 Å². The Morgan fingerprint density at radius 3 is 2.96 bits per heavy atom. The summed E-state index contributed by atoms with van der Waals surface area (Å²) in [5, 5.41) is 7.97. The van der Waals surface area contributed by atoms with Gasteiger partial charge >= 0.3 is 0 Å². The minimum atomic E-state index is -0.190. The van der Waals surface area contributed by atoms with Crippen LogP contribution in [0.2, 0.25) is 0 Å². The predicted molar refractivity (Wildman–Crippen MR) is 107 cm³/mol. The number of piperidine rings is 1. The molecule has 0 amide bonds. The number of benzene rings is 1. The van der Waals surface area contributed by atoms with E-state index in [9.17, 15) is 4.39 Å². The molecule has 1 aliphatic rings. The molecule has 26 heavy (non-hydrogen) atoms. The lowest BCUT2D eigenvalue weighted by Crippen LogP contribution is -2.51. The Labute approximate surface area is 158 Å². The number of hydrogen-bond donors (Lipinski definition) is 2. The normalized spacial score (nSPS) is 18.1. The van der Waals surface area contributed by atoms with Crippen molar-refractivity contribution >= 4 is 23.0 Å². The maximum absolute atomic E-state index is 13.5. The number of anilines is 1. The van der Waals surface area contributed by atoms with E-state index < -0.39 is 0 Å². The van der Waals surface area contributed by atoms with Gasteiger partial charge in [0.05, 0.1) is 17.2 Å². The Balaban J connectivity index is 1.57. The molecule has 0 radical (unpaired) electrons. The molecule has 2 heterocycles.